The molecule has 6 nitrogen and oxygen atoms in total. The zero-order valence-corrected chi connectivity index (χ0v) is 14.0. The molecule has 1 aliphatic rings. The molecule has 1 amide bonds. The largest absolute Gasteiger partial charge is 0.338 e. The molecule has 8 heteroatoms. The Bertz CT molecular complexity index is 617. The van der Waals surface area contributed by atoms with E-state index < -0.39 is 15.3 Å². The van der Waals surface area contributed by atoms with Crippen LogP contribution in [-0.2, 0) is 16.4 Å². The zero-order valence-electron chi connectivity index (χ0n) is 12.3. The van der Waals surface area contributed by atoms with Gasteiger partial charge in [0, 0.05) is 13.1 Å². The predicted octanol–water partition coefficient (Wildman–Crippen LogP) is 1.30. The molecule has 0 saturated carbocycles. The van der Waals surface area contributed by atoms with Gasteiger partial charge in [-0.25, -0.2) is 18.5 Å². The highest BCUT2D eigenvalue weighted by Crippen LogP contribution is 2.24. The van der Waals surface area contributed by atoms with Gasteiger partial charge in [0.25, 0.3) is 5.91 Å². The van der Waals surface area contributed by atoms with E-state index in [1.165, 1.54) is 11.3 Å². The van der Waals surface area contributed by atoms with Crippen molar-refractivity contribution in [2.45, 2.75) is 44.8 Å². The summed E-state index contributed by atoms with van der Waals surface area (Å²) in [5.74, 6) is -0.0415. The second kappa shape index (κ2) is 6.41. The van der Waals surface area contributed by atoms with Gasteiger partial charge in [-0.2, -0.15) is 0 Å². The SMILES string of the molecule is CCCc1nc(C)c(C(=O)N2CCC(S(N)(=O)=O)CC2)s1. The number of nitrogens with two attached hydrogens (primary N) is 1. The quantitative estimate of drug-likeness (QED) is 0.900. The lowest BCUT2D eigenvalue weighted by atomic mass is 10.1. The average Bonchev–Trinajstić information content (AvgIpc) is 2.78. The Hall–Kier alpha value is -0.990. The minimum Gasteiger partial charge on any atom is -0.338 e. The first kappa shape index (κ1) is 16.4. The number of sulfonamides is 1. The number of nitrogens with zero attached hydrogens (tertiary/aromatic N) is 2. The molecular weight excluding hydrogens is 310 g/mol. The molecule has 0 atom stereocenters. The molecule has 0 bridgehead atoms. The maximum atomic E-state index is 12.5. The van der Waals surface area contributed by atoms with Crippen LogP contribution in [0, 0.1) is 6.92 Å². The summed E-state index contributed by atoms with van der Waals surface area (Å²) in [5.41, 5.74) is 0.766. The van der Waals surface area contributed by atoms with Crippen LogP contribution in [0.2, 0.25) is 0 Å². The molecule has 21 heavy (non-hydrogen) atoms. The molecule has 1 aliphatic heterocycles. The second-order valence-electron chi connectivity index (χ2n) is 5.35. The summed E-state index contributed by atoms with van der Waals surface area (Å²) in [6.45, 7) is 4.79. The van der Waals surface area contributed by atoms with Crippen LogP contribution in [0.25, 0.3) is 0 Å². The van der Waals surface area contributed by atoms with Crippen molar-refractivity contribution in [2.24, 2.45) is 5.14 Å². The molecule has 0 radical (unpaired) electrons. The third kappa shape index (κ3) is 3.81. The zero-order chi connectivity index (χ0) is 15.6. The Morgan fingerprint density at radius 2 is 2.05 bits per heavy atom. The Balaban J connectivity index is 2.05. The minimum absolute atomic E-state index is 0.0415. The molecule has 0 aromatic carbocycles. The van der Waals surface area contributed by atoms with E-state index >= 15 is 0 Å². The Kier molecular flexibility index (Phi) is 5.00. The van der Waals surface area contributed by atoms with Gasteiger partial charge in [0.2, 0.25) is 10.0 Å². The van der Waals surface area contributed by atoms with Crippen LogP contribution in [0.1, 0.15) is 46.6 Å². The van der Waals surface area contributed by atoms with Crippen LogP contribution in [0.5, 0.6) is 0 Å². The summed E-state index contributed by atoms with van der Waals surface area (Å²) in [4.78, 5) is 19.3. The third-order valence-corrected chi connectivity index (χ3v) is 6.30. The first-order chi connectivity index (χ1) is 9.82. The predicted molar refractivity (Wildman–Crippen MR) is 82.9 cm³/mol. The molecule has 2 rings (SSSR count). The lowest BCUT2D eigenvalue weighted by molar-refractivity contribution is 0.0729. The molecule has 1 aromatic heterocycles. The van der Waals surface area contributed by atoms with Crippen molar-refractivity contribution >= 4 is 27.3 Å². The number of aromatic nitrogens is 1. The van der Waals surface area contributed by atoms with Crippen molar-refractivity contribution in [3.63, 3.8) is 0 Å². The summed E-state index contributed by atoms with van der Waals surface area (Å²) in [6, 6.07) is 0. The minimum atomic E-state index is -3.50. The van der Waals surface area contributed by atoms with E-state index in [1.807, 2.05) is 6.92 Å². The number of carbonyl (C=O) groups excluding carboxylic acids is 1. The van der Waals surface area contributed by atoms with Crippen molar-refractivity contribution in [3.8, 4) is 0 Å². The summed E-state index contributed by atoms with van der Waals surface area (Å²) >= 11 is 1.45. The highest BCUT2D eigenvalue weighted by molar-refractivity contribution is 7.89. The molecule has 1 fully saturated rings. The fourth-order valence-corrected chi connectivity index (χ4v) is 4.50. The lowest BCUT2D eigenvalue weighted by Gasteiger charge is -2.30. The van der Waals surface area contributed by atoms with E-state index in [2.05, 4.69) is 11.9 Å². The normalized spacial score (nSPS) is 17.2. The maximum Gasteiger partial charge on any atom is 0.265 e. The molecule has 2 heterocycles. The number of thiazole rings is 1. The summed E-state index contributed by atoms with van der Waals surface area (Å²) in [5, 5.41) is 5.62. The van der Waals surface area contributed by atoms with Crippen molar-refractivity contribution in [1.29, 1.82) is 0 Å². The van der Waals surface area contributed by atoms with Crippen molar-refractivity contribution < 1.29 is 13.2 Å². The van der Waals surface area contributed by atoms with Crippen LogP contribution in [0.15, 0.2) is 0 Å². The number of amides is 1. The van der Waals surface area contributed by atoms with Gasteiger partial charge >= 0.3 is 0 Å². The molecule has 0 unspecified atom stereocenters. The van der Waals surface area contributed by atoms with Gasteiger partial charge in [0.15, 0.2) is 0 Å². The lowest BCUT2D eigenvalue weighted by Crippen LogP contribution is -2.44. The maximum absolute atomic E-state index is 12.5. The Labute approximate surface area is 129 Å². The van der Waals surface area contributed by atoms with Gasteiger partial charge in [-0.15, -0.1) is 11.3 Å². The fourth-order valence-electron chi connectivity index (χ4n) is 2.50. The van der Waals surface area contributed by atoms with Gasteiger partial charge in [-0.1, -0.05) is 6.92 Å². The first-order valence-corrected chi connectivity index (χ1v) is 9.52. The topological polar surface area (TPSA) is 93.4 Å². The molecule has 2 N–H and O–H groups in total. The fraction of sp³-hybridized carbons (Fsp3) is 0.692. The second-order valence-corrected chi connectivity index (χ2v) is 8.28. The van der Waals surface area contributed by atoms with Crippen molar-refractivity contribution in [2.75, 3.05) is 13.1 Å². The van der Waals surface area contributed by atoms with Crippen LogP contribution in [0.4, 0.5) is 0 Å². The molecule has 1 aromatic rings. The average molecular weight is 331 g/mol. The van der Waals surface area contributed by atoms with Crippen molar-refractivity contribution in [1.82, 2.24) is 9.88 Å². The van der Waals surface area contributed by atoms with Crippen LogP contribution in [-0.4, -0.2) is 42.5 Å². The Morgan fingerprint density at radius 1 is 1.43 bits per heavy atom. The van der Waals surface area contributed by atoms with Gasteiger partial charge in [0.1, 0.15) is 4.88 Å². The van der Waals surface area contributed by atoms with Gasteiger partial charge in [0.05, 0.1) is 16.0 Å². The number of hydrogen-bond donors (Lipinski definition) is 1. The van der Waals surface area contributed by atoms with E-state index in [4.69, 9.17) is 5.14 Å². The standard InChI is InChI=1S/C13H21N3O3S2/c1-3-4-11-15-9(2)12(20-11)13(17)16-7-5-10(6-8-16)21(14,18)19/h10H,3-8H2,1-2H3,(H2,14,18,19). The monoisotopic (exact) mass is 331 g/mol. The Morgan fingerprint density at radius 3 is 2.57 bits per heavy atom. The number of piperidine rings is 1. The summed E-state index contributed by atoms with van der Waals surface area (Å²) in [7, 11) is -3.50. The third-order valence-electron chi connectivity index (χ3n) is 3.69. The molecule has 0 aliphatic carbocycles. The number of primary sulfonamides is 1. The molecule has 0 spiro atoms. The van der Waals surface area contributed by atoms with Crippen LogP contribution in [0.3, 0.4) is 0 Å². The number of carbonyl (C=O) groups is 1. The van der Waals surface area contributed by atoms with Gasteiger partial charge in [-0.3, -0.25) is 4.79 Å². The van der Waals surface area contributed by atoms with E-state index in [-0.39, 0.29) is 5.91 Å². The van der Waals surface area contributed by atoms with Crippen LogP contribution >= 0.6 is 11.3 Å². The summed E-state index contributed by atoms with van der Waals surface area (Å²) in [6.07, 6.45) is 2.70. The highest BCUT2D eigenvalue weighted by atomic mass is 32.2. The van der Waals surface area contributed by atoms with Gasteiger partial charge in [-0.05, 0) is 32.6 Å². The van der Waals surface area contributed by atoms with Gasteiger partial charge < -0.3 is 4.90 Å². The molecular formula is C13H21N3O3S2. The molecule has 1 saturated heterocycles. The number of likely N-dealkylation sites (tertiary alicyclic amines) is 1. The van der Waals surface area contributed by atoms with E-state index in [0.29, 0.717) is 30.8 Å². The number of rotatable bonds is 4. The van der Waals surface area contributed by atoms with Crippen LogP contribution < -0.4 is 5.14 Å². The first-order valence-electron chi connectivity index (χ1n) is 7.10. The van der Waals surface area contributed by atoms with E-state index in [1.54, 1.807) is 4.90 Å². The molecule has 118 valence electrons. The smallest absolute Gasteiger partial charge is 0.265 e. The summed E-state index contributed by atoms with van der Waals surface area (Å²) < 4.78 is 22.7. The van der Waals surface area contributed by atoms with Crippen molar-refractivity contribution in [3.05, 3.63) is 15.6 Å². The van der Waals surface area contributed by atoms with E-state index in [9.17, 15) is 13.2 Å². The number of hydrogen-bond acceptors (Lipinski definition) is 5. The number of aryl methyl sites for hydroxylation is 2. The highest BCUT2D eigenvalue weighted by Gasteiger charge is 2.30. The van der Waals surface area contributed by atoms with E-state index in [0.717, 1.165) is 23.5 Å².